The van der Waals surface area contributed by atoms with Crippen molar-refractivity contribution in [3.8, 4) is 0 Å². The average molecular weight is 364 g/mol. The van der Waals surface area contributed by atoms with E-state index in [2.05, 4.69) is 16.0 Å². The zero-order valence-electron chi connectivity index (χ0n) is 15.6. The summed E-state index contributed by atoms with van der Waals surface area (Å²) in [5, 5.41) is 8.75. The van der Waals surface area contributed by atoms with Gasteiger partial charge < -0.3 is 20.9 Å². The van der Waals surface area contributed by atoms with Crippen molar-refractivity contribution in [2.45, 2.75) is 51.2 Å². The Morgan fingerprint density at radius 2 is 2.04 bits per heavy atom. The number of nitrogens with zero attached hydrogens (tertiary/aromatic N) is 1. The molecule has 7 heteroatoms. The molecule has 0 aliphatic carbocycles. The van der Waals surface area contributed by atoms with Gasteiger partial charge in [0.1, 0.15) is 11.9 Å². The Labute approximate surface area is 154 Å². The Hall–Kier alpha value is -2.15. The first-order chi connectivity index (χ1) is 12.5. The standard InChI is InChI=1S/C19H29FN4O2/c1-3-5-17(18(25)24-11-4-6-16(13-24)21-2)23-19(26)22-12-14-7-9-15(20)10-8-14/h7-10,16-17,21H,3-6,11-13H2,1-2H3,(H2,22,23,26). The number of rotatable bonds is 7. The van der Waals surface area contributed by atoms with E-state index in [-0.39, 0.29) is 24.3 Å². The second-order valence-electron chi connectivity index (χ2n) is 6.71. The van der Waals surface area contributed by atoms with Gasteiger partial charge in [0.2, 0.25) is 5.91 Å². The first-order valence-electron chi connectivity index (χ1n) is 9.28. The molecule has 2 atom stereocenters. The molecule has 0 spiro atoms. The molecule has 0 bridgehead atoms. The van der Waals surface area contributed by atoms with Gasteiger partial charge in [0.25, 0.3) is 0 Å². The van der Waals surface area contributed by atoms with Gasteiger partial charge >= 0.3 is 6.03 Å². The summed E-state index contributed by atoms with van der Waals surface area (Å²) in [6.45, 7) is 3.68. The Morgan fingerprint density at radius 3 is 2.69 bits per heavy atom. The smallest absolute Gasteiger partial charge is 0.315 e. The molecule has 1 aliphatic heterocycles. The predicted molar refractivity (Wildman–Crippen MR) is 99.1 cm³/mol. The molecule has 2 rings (SSSR count). The second-order valence-corrected chi connectivity index (χ2v) is 6.71. The maximum absolute atomic E-state index is 12.9. The number of carbonyl (C=O) groups excluding carboxylic acids is 2. The number of hydrogen-bond acceptors (Lipinski definition) is 3. The fourth-order valence-corrected chi connectivity index (χ4v) is 3.17. The second kappa shape index (κ2) is 10.1. The van der Waals surface area contributed by atoms with Crippen LogP contribution in [0.4, 0.5) is 9.18 Å². The summed E-state index contributed by atoms with van der Waals surface area (Å²) in [6, 6.07) is 5.35. The van der Waals surface area contributed by atoms with Crippen LogP contribution in [0, 0.1) is 5.82 Å². The van der Waals surface area contributed by atoms with Crippen molar-refractivity contribution in [1.82, 2.24) is 20.9 Å². The highest BCUT2D eigenvalue weighted by molar-refractivity contribution is 5.87. The molecule has 3 N–H and O–H groups in total. The van der Waals surface area contributed by atoms with Crippen LogP contribution in [0.5, 0.6) is 0 Å². The molecule has 26 heavy (non-hydrogen) atoms. The van der Waals surface area contributed by atoms with E-state index in [4.69, 9.17) is 0 Å². The molecule has 0 aromatic heterocycles. The van der Waals surface area contributed by atoms with E-state index in [1.54, 1.807) is 12.1 Å². The SMILES string of the molecule is CCCC(NC(=O)NCc1ccc(F)cc1)C(=O)N1CCCC(NC)C1. The number of hydrogen-bond donors (Lipinski definition) is 3. The van der Waals surface area contributed by atoms with Crippen LogP contribution in [0.25, 0.3) is 0 Å². The van der Waals surface area contributed by atoms with Gasteiger partial charge in [-0.25, -0.2) is 9.18 Å². The van der Waals surface area contributed by atoms with Crippen molar-refractivity contribution < 1.29 is 14.0 Å². The number of nitrogens with one attached hydrogen (secondary N) is 3. The van der Waals surface area contributed by atoms with E-state index < -0.39 is 6.04 Å². The molecule has 1 saturated heterocycles. The van der Waals surface area contributed by atoms with Crippen LogP contribution in [-0.2, 0) is 11.3 Å². The summed E-state index contributed by atoms with van der Waals surface area (Å²) < 4.78 is 12.9. The topological polar surface area (TPSA) is 73.5 Å². The highest BCUT2D eigenvalue weighted by Crippen LogP contribution is 2.13. The van der Waals surface area contributed by atoms with Crippen LogP contribution < -0.4 is 16.0 Å². The van der Waals surface area contributed by atoms with E-state index in [0.29, 0.717) is 19.0 Å². The van der Waals surface area contributed by atoms with E-state index in [1.165, 1.54) is 12.1 Å². The van der Waals surface area contributed by atoms with Crippen LogP contribution in [-0.4, -0.2) is 49.1 Å². The molecule has 1 aromatic rings. The lowest BCUT2D eigenvalue weighted by molar-refractivity contribution is -0.134. The summed E-state index contributed by atoms with van der Waals surface area (Å²) in [5.74, 6) is -0.336. The molecular weight excluding hydrogens is 335 g/mol. The van der Waals surface area contributed by atoms with Crippen LogP contribution in [0.2, 0.25) is 0 Å². The normalized spacial score (nSPS) is 18.3. The fraction of sp³-hybridized carbons (Fsp3) is 0.579. The maximum Gasteiger partial charge on any atom is 0.315 e. The summed E-state index contributed by atoms with van der Waals surface area (Å²) in [4.78, 5) is 26.8. The quantitative estimate of drug-likeness (QED) is 0.693. The van der Waals surface area contributed by atoms with E-state index in [1.807, 2.05) is 18.9 Å². The fourth-order valence-electron chi connectivity index (χ4n) is 3.17. The number of benzene rings is 1. The summed E-state index contributed by atoms with van der Waals surface area (Å²) >= 11 is 0. The van der Waals surface area contributed by atoms with Crippen LogP contribution >= 0.6 is 0 Å². The molecule has 1 aliphatic rings. The van der Waals surface area contributed by atoms with Gasteiger partial charge in [0.15, 0.2) is 0 Å². The third kappa shape index (κ3) is 5.98. The zero-order chi connectivity index (χ0) is 18.9. The number of likely N-dealkylation sites (tertiary alicyclic amines) is 1. The molecule has 1 heterocycles. The Balaban J connectivity index is 1.88. The van der Waals surface area contributed by atoms with Gasteiger partial charge in [0.05, 0.1) is 0 Å². The number of amides is 3. The van der Waals surface area contributed by atoms with Crippen molar-refractivity contribution >= 4 is 11.9 Å². The molecule has 3 amide bonds. The molecule has 6 nitrogen and oxygen atoms in total. The molecule has 2 unspecified atom stereocenters. The lowest BCUT2D eigenvalue weighted by Gasteiger charge is -2.35. The minimum Gasteiger partial charge on any atom is -0.339 e. The van der Waals surface area contributed by atoms with Crippen molar-refractivity contribution in [1.29, 1.82) is 0 Å². The molecule has 0 radical (unpaired) electrons. The number of piperidine rings is 1. The summed E-state index contributed by atoms with van der Waals surface area (Å²) in [6.07, 6.45) is 3.43. The molecule has 1 fully saturated rings. The lowest BCUT2D eigenvalue weighted by Crippen LogP contribution is -2.55. The van der Waals surface area contributed by atoms with Gasteiger partial charge in [0, 0.05) is 25.7 Å². The van der Waals surface area contributed by atoms with E-state index in [9.17, 15) is 14.0 Å². The Kier molecular flexibility index (Phi) is 7.84. The third-order valence-corrected chi connectivity index (χ3v) is 4.69. The Bertz CT molecular complexity index is 594. The number of carbonyl (C=O) groups is 2. The van der Waals surface area contributed by atoms with Gasteiger partial charge in [-0.15, -0.1) is 0 Å². The van der Waals surface area contributed by atoms with Crippen LogP contribution in [0.15, 0.2) is 24.3 Å². The number of urea groups is 1. The first-order valence-corrected chi connectivity index (χ1v) is 9.28. The van der Waals surface area contributed by atoms with Gasteiger partial charge in [-0.1, -0.05) is 25.5 Å². The van der Waals surface area contributed by atoms with Crippen molar-refractivity contribution in [3.63, 3.8) is 0 Å². The van der Waals surface area contributed by atoms with Gasteiger partial charge in [-0.2, -0.15) is 0 Å². The van der Waals surface area contributed by atoms with E-state index in [0.717, 1.165) is 31.4 Å². The monoisotopic (exact) mass is 364 g/mol. The first kappa shape index (κ1) is 20.2. The lowest BCUT2D eigenvalue weighted by atomic mass is 10.0. The summed E-state index contributed by atoms with van der Waals surface area (Å²) in [7, 11) is 1.91. The third-order valence-electron chi connectivity index (χ3n) is 4.69. The molecule has 1 aromatic carbocycles. The minimum atomic E-state index is -0.524. The minimum absolute atomic E-state index is 0.0243. The summed E-state index contributed by atoms with van der Waals surface area (Å²) in [5.41, 5.74) is 0.799. The molecular formula is C19H29FN4O2. The van der Waals surface area contributed by atoms with Crippen molar-refractivity contribution in [2.75, 3.05) is 20.1 Å². The predicted octanol–water partition coefficient (Wildman–Crippen LogP) is 2.00. The van der Waals surface area contributed by atoms with E-state index >= 15 is 0 Å². The maximum atomic E-state index is 12.9. The van der Waals surface area contributed by atoms with Gasteiger partial charge in [-0.3, -0.25) is 4.79 Å². The highest BCUT2D eigenvalue weighted by atomic mass is 19.1. The van der Waals surface area contributed by atoms with Crippen molar-refractivity contribution in [3.05, 3.63) is 35.6 Å². The average Bonchev–Trinajstić information content (AvgIpc) is 2.66. The molecule has 0 saturated carbocycles. The number of halogens is 1. The largest absolute Gasteiger partial charge is 0.339 e. The van der Waals surface area contributed by atoms with Crippen LogP contribution in [0.3, 0.4) is 0 Å². The molecule has 144 valence electrons. The van der Waals surface area contributed by atoms with Crippen molar-refractivity contribution in [2.24, 2.45) is 0 Å². The van der Waals surface area contributed by atoms with Crippen LogP contribution in [0.1, 0.15) is 38.2 Å². The highest BCUT2D eigenvalue weighted by Gasteiger charge is 2.28. The zero-order valence-corrected chi connectivity index (χ0v) is 15.6. The Morgan fingerprint density at radius 1 is 1.31 bits per heavy atom. The number of likely N-dealkylation sites (N-methyl/N-ethyl adjacent to an activating group) is 1. The van der Waals surface area contributed by atoms with Gasteiger partial charge in [-0.05, 0) is 44.0 Å².